The highest BCUT2D eigenvalue weighted by atomic mass is 16.5. The van der Waals surface area contributed by atoms with E-state index in [4.69, 9.17) is 9.47 Å². The highest BCUT2D eigenvalue weighted by molar-refractivity contribution is 5.89. The zero-order chi connectivity index (χ0) is 20.8. The van der Waals surface area contributed by atoms with Crippen molar-refractivity contribution in [3.63, 3.8) is 0 Å². The second-order valence-electron chi connectivity index (χ2n) is 6.17. The number of urea groups is 1. The molecule has 0 radical (unpaired) electrons. The fourth-order valence-electron chi connectivity index (χ4n) is 3.14. The van der Waals surface area contributed by atoms with Gasteiger partial charge in [-0.1, -0.05) is 0 Å². The molecule has 0 saturated heterocycles. The third-order valence-corrected chi connectivity index (χ3v) is 4.50. The lowest BCUT2D eigenvalue weighted by Gasteiger charge is -2.27. The molecular weight excluding hydrogens is 378 g/mol. The molecule has 0 bridgehead atoms. The molecule has 3 rings (SSSR count). The number of hydrogen-bond donors (Lipinski definition) is 1. The van der Waals surface area contributed by atoms with Gasteiger partial charge in [0.15, 0.2) is 5.69 Å². The van der Waals surface area contributed by atoms with Gasteiger partial charge in [0.05, 0.1) is 31.6 Å². The number of carbonyl (C=O) groups excluding carboxylic acids is 3. The number of aromatic nitrogens is 2. The van der Waals surface area contributed by atoms with Crippen molar-refractivity contribution >= 4 is 18.1 Å². The molecule has 0 atom stereocenters. The van der Waals surface area contributed by atoms with E-state index in [1.54, 1.807) is 18.7 Å². The molecule has 1 aromatic heterocycles. The van der Waals surface area contributed by atoms with Gasteiger partial charge in [0.2, 0.25) is 6.08 Å². The predicted octanol–water partition coefficient (Wildman–Crippen LogP) is 1.42. The monoisotopic (exact) mass is 399 g/mol. The van der Waals surface area contributed by atoms with Crippen LogP contribution in [0.1, 0.15) is 28.7 Å². The van der Waals surface area contributed by atoms with Gasteiger partial charge in [-0.15, -0.1) is 0 Å². The minimum Gasteiger partial charge on any atom is -0.497 e. The summed E-state index contributed by atoms with van der Waals surface area (Å²) in [5.41, 5.74) is 2.43. The molecule has 1 aliphatic heterocycles. The molecule has 2 aromatic rings. The molecule has 29 heavy (non-hydrogen) atoms. The van der Waals surface area contributed by atoms with E-state index >= 15 is 0 Å². The zero-order valence-electron chi connectivity index (χ0n) is 16.2. The summed E-state index contributed by atoms with van der Waals surface area (Å²) >= 11 is 0. The van der Waals surface area contributed by atoms with E-state index < -0.39 is 5.97 Å². The lowest BCUT2D eigenvalue weighted by molar-refractivity contribution is 0.0516. The van der Waals surface area contributed by atoms with Crippen molar-refractivity contribution in [3.05, 3.63) is 41.2 Å². The Morgan fingerprint density at radius 3 is 2.72 bits per heavy atom. The van der Waals surface area contributed by atoms with Crippen LogP contribution in [0.25, 0.3) is 5.69 Å². The van der Waals surface area contributed by atoms with Crippen LogP contribution in [0.4, 0.5) is 4.79 Å². The summed E-state index contributed by atoms with van der Waals surface area (Å²) in [4.78, 5) is 39.8. The average molecular weight is 399 g/mol. The van der Waals surface area contributed by atoms with Gasteiger partial charge in [-0.2, -0.15) is 10.1 Å². The number of aliphatic imine (C=N–C) groups is 1. The first-order valence-corrected chi connectivity index (χ1v) is 9.07. The minimum atomic E-state index is -0.538. The zero-order valence-corrected chi connectivity index (χ0v) is 16.2. The molecular formula is C19H21N5O5. The number of rotatable bonds is 6. The predicted molar refractivity (Wildman–Crippen MR) is 102 cm³/mol. The Hall–Kier alpha value is -3.65. The Kier molecular flexibility index (Phi) is 6.25. The van der Waals surface area contributed by atoms with Crippen LogP contribution in [0.3, 0.4) is 0 Å². The van der Waals surface area contributed by atoms with Crippen LogP contribution in [0.15, 0.2) is 29.3 Å². The number of hydrogen-bond acceptors (Lipinski definition) is 7. The first-order valence-electron chi connectivity index (χ1n) is 9.07. The molecule has 0 unspecified atom stereocenters. The number of nitrogens with one attached hydrogen (secondary N) is 1. The number of amides is 2. The van der Waals surface area contributed by atoms with Gasteiger partial charge in [-0.25, -0.2) is 19.1 Å². The van der Waals surface area contributed by atoms with Crippen LogP contribution < -0.4 is 10.1 Å². The van der Waals surface area contributed by atoms with Crippen LogP contribution in [-0.4, -0.2) is 59.7 Å². The van der Waals surface area contributed by atoms with E-state index in [0.717, 1.165) is 11.4 Å². The van der Waals surface area contributed by atoms with Crippen molar-refractivity contribution in [3.8, 4) is 11.4 Å². The molecule has 0 spiro atoms. The van der Waals surface area contributed by atoms with Gasteiger partial charge in [0.25, 0.3) is 0 Å². The van der Waals surface area contributed by atoms with Crippen molar-refractivity contribution in [2.45, 2.75) is 19.9 Å². The van der Waals surface area contributed by atoms with Gasteiger partial charge in [-0.3, -0.25) is 0 Å². The van der Waals surface area contributed by atoms with Crippen molar-refractivity contribution in [2.24, 2.45) is 4.99 Å². The number of esters is 1. The van der Waals surface area contributed by atoms with Gasteiger partial charge < -0.3 is 19.7 Å². The lowest BCUT2D eigenvalue weighted by atomic mass is 10.1. The number of benzene rings is 1. The van der Waals surface area contributed by atoms with Crippen LogP contribution in [-0.2, 0) is 22.5 Å². The summed E-state index contributed by atoms with van der Waals surface area (Å²) in [6.07, 6.45) is 1.87. The quantitative estimate of drug-likeness (QED) is 0.446. The number of ether oxygens (including phenoxy) is 2. The normalized spacial score (nSPS) is 12.6. The average Bonchev–Trinajstić information content (AvgIpc) is 3.13. The summed E-state index contributed by atoms with van der Waals surface area (Å²) in [6.45, 7) is 2.40. The lowest BCUT2D eigenvalue weighted by Crippen LogP contribution is -2.43. The summed E-state index contributed by atoms with van der Waals surface area (Å²) < 4.78 is 12.0. The molecule has 152 valence electrons. The van der Waals surface area contributed by atoms with Crippen molar-refractivity contribution in [1.29, 1.82) is 0 Å². The van der Waals surface area contributed by atoms with Gasteiger partial charge in [0.1, 0.15) is 12.4 Å². The number of isocyanates is 1. The fraction of sp³-hybridized carbons (Fsp3) is 0.368. The van der Waals surface area contributed by atoms with Crippen molar-refractivity contribution in [2.75, 3.05) is 26.9 Å². The fourth-order valence-corrected chi connectivity index (χ4v) is 3.14. The molecule has 2 heterocycles. The third kappa shape index (κ3) is 4.27. The summed E-state index contributed by atoms with van der Waals surface area (Å²) in [6, 6.07) is 6.92. The van der Waals surface area contributed by atoms with Crippen LogP contribution in [0.5, 0.6) is 5.75 Å². The Balaban J connectivity index is 1.94. The number of nitrogens with zero attached hydrogens (tertiary/aromatic N) is 4. The Bertz CT molecular complexity index is 947. The molecule has 0 aliphatic carbocycles. The minimum absolute atomic E-state index is 0.151. The second kappa shape index (κ2) is 9.03. The van der Waals surface area contributed by atoms with Crippen LogP contribution in [0.2, 0.25) is 0 Å². The highest BCUT2D eigenvalue weighted by Crippen LogP contribution is 2.27. The van der Waals surface area contributed by atoms with Gasteiger partial charge >= 0.3 is 12.0 Å². The van der Waals surface area contributed by atoms with E-state index in [2.05, 4.69) is 15.4 Å². The van der Waals surface area contributed by atoms with E-state index in [1.165, 1.54) is 11.0 Å². The number of fused-ring (bicyclic) bond motifs is 1. The third-order valence-electron chi connectivity index (χ3n) is 4.50. The summed E-state index contributed by atoms with van der Waals surface area (Å²) in [5.74, 6) is 0.171. The smallest absolute Gasteiger partial charge is 0.359 e. The first kappa shape index (κ1) is 20.1. The highest BCUT2D eigenvalue weighted by Gasteiger charge is 2.31. The van der Waals surface area contributed by atoms with Crippen LogP contribution in [0, 0.1) is 0 Å². The number of carbonyl (C=O) groups is 2. The molecule has 10 heteroatoms. The molecule has 1 aliphatic rings. The van der Waals surface area contributed by atoms with E-state index in [0.29, 0.717) is 24.3 Å². The Labute approximate surface area is 167 Å². The summed E-state index contributed by atoms with van der Waals surface area (Å²) in [7, 11) is 1.59. The molecule has 0 saturated carbocycles. The number of methoxy groups -OCH3 is 1. The molecule has 2 amide bonds. The van der Waals surface area contributed by atoms with E-state index in [-0.39, 0.29) is 31.5 Å². The van der Waals surface area contributed by atoms with Crippen LogP contribution >= 0.6 is 0 Å². The molecule has 10 nitrogen and oxygen atoms in total. The standard InChI is InChI=1S/C19H21N5O5/c1-3-29-18(26)17-15-10-23(19(27)21-11-20-12-25)9-8-16(15)24(22-17)13-4-6-14(28-2)7-5-13/h4-7H,3,8-11H2,1-2H3,(H,21,27). The maximum Gasteiger partial charge on any atom is 0.359 e. The van der Waals surface area contributed by atoms with Crippen molar-refractivity contribution in [1.82, 2.24) is 20.0 Å². The Morgan fingerprint density at radius 2 is 2.07 bits per heavy atom. The largest absolute Gasteiger partial charge is 0.497 e. The van der Waals surface area contributed by atoms with Gasteiger partial charge in [0, 0.05) is 18.5 Å². The summed E-state index contributed by atoms with van der Waals surface area (Å²) in [5, 5.41) is 6.99. The molecule has 1 aromatic carbocycles. The van der Waals surface area contributed by atoms with E-state index in [9.17, 15) is 14.4 Å². The molecule has 1 N–H and O–H groups in total. The van der Waals surface area contributed by atoms with Gasteiger partial charge in [-0.05, 0) is 31.2 Å². The maximum atomic E-state index is 12.5. The SMILES string of the molecule is CCOC(=O)c1nn(-c2ccc(OC)cc2)c2c1CN(C(=O)NCN=C=O)CC2. The topological polar surface area (TPSA) is 115 Å². The van der Waals surface area contributed by atoms with E-state index in [1.807, 2.05) is 24.3 Å². The maximum absolute atomic E-state index is 12.5. The molecule has 0 fully saturated rings. The first-order chi connectivity index (χ1) is 14.1. The second-order valence-corrected chi connectivity index (χ2v) is 6.17. The Morgan fingerprint density at radius 1 is 1.31 bits per heavy atom. The van der Waals surface area contributed by atoms with Crippen molar-refractivity contribution < 1.29 is 23.9 Å².